The first-order chi connectivity index (χ1) is 32.0. The lowest BCUT2D eigenvalue weighted by Gasteiger charge is -2.39. The third-order valence-electron chi connectivity index (χ3n) is 12.9. The number of hydrogen-bond donors (Lipinski definition) is 5. The fourth-order valence-corrected chi connectivity index (χ4v) is 9.24. The molecule has 0 bridgehead atoms. The Morgan fingerprint density at radius 2 is 1.58 bits per heavy atom. The number of likely N-dealkylation sites (tertiary alicyclic amines) is 1. The highest BCUT2D eigenvalue weighted by atomic mass is 28.4. The quantitative estimate of drug-likeness (QED) is 0.0594. The first kappa shape index (κ1) is 48.4. The summed E-state index contributed by atoms with van der Waals surface area (Å²) in [5.74, 6) is -0.352. The number of para-hydroxylation sites is 1. The van der Waals surface area contributed by atoms with Gasteiger partial charge < -0.3 is 39.7 Å². The van der Waals surface area contributed by atoms with E-state index >= 15 is 0 Å². The predicted molar refractivity (Wildman–Crippen MR) is 269 cm³/mol. The van der Waals surface area contributed by atoms with E-state index in [1.807, 2.05) is 91.0 Å². The van der Waals surface area contributed by atoms with Crippen molar-refractivity contribution in [3.8, 4) is 16.9 Å². The van der Waals surface area contributed by atoms with Crippen LogP contribution in [0.4, 0.5) is 21.9 Å². The van der Waals surface area contributed by atoms with Crippen LogP contribution in [0, 0.1) is 0 Å². The molecule has 1 atom stereocenters. The molecule has 1 aliphatic heterocycles. The summed E-state index contributed by atoms with van der Waals surface area (Å²) in [6, 6.07) is 38.9. The third kappa shape index (κ3) is 12.5. The summed E-state index contributed by atoms with van der Waals surface area (Å²) in [4.78, 5) is 58.3. The highest BCUT2D eigenvalue weighted by molar-refractivity contribution is 6.74. The molecule has 5 aromatic carbocycles. The number of hydrogen-bond acceptors (Lipinski definition) is 9. The van der Waals surface area contributed by atoms with Crippen LogP contribution in [0.15, 0.2) is 132 Å². The van der Waals surface area contributed by atoms with Crippen molar-refractivity contribution in [2.45, 2.75) is 76.9 Å². The number of aromatic hydroxyl groups is 1. The molecule has 1 aliphatic rings. The number of ether oxygens (including phenoxy) is 1. The Morgan fingerprint density at radius 3 is 2.31 bits per heavy atom. The highest BCUT2D eigenvalue weighted by Crippen LogP contribution is 2.41. The van der Waals surface area contributed by atoms with Crippen molar-refractivity contribution < 1.29 is 28.7 Å². The van der Waals surface area contributed by atoms with E-state index in [9.17, 15) is 24.3 Å². The standard InChI is InChI=1S/C53H62N6O7Si/c1-53(2,3)67(5,6)66-47(43-23-25-46(60)50-44(43)24-26-48(61)57-50)35-54-34-36-19-21-39(22-20-36)55-51(63)38-15-12-16-40(33-38)58(4)49(62)29-32-59-30-27-41(28-31-59)65-52(64)56-45-18-11-10-17-42(45)37-13-8-7-9-14-37/h7-26,33,41,47,54,60H,27-32,34-35H2,1-6H3,(H,55,63)(H,56,64)(H,57,61)/t47-/m0/s1. The minimum Gasteiger partial charge on any atom is -0.506 e. The number of pyridine rings is 1. The van der Waals surface area contributed by atoms with Gasteiger partial charge in [0, 0.05) is 80.1 Å². The molecule has 13 nitrogen and oxygen atoms in total. The van der Waals surface area contributed by atoms with Crippen molar-refractivity contribution in [2.24, 2.45) is 0 Å². The Kier molecular flexibility index (Phi) is 15.4. The zero-order valence-electron chi connectivity index (χ0n) is 39.2. The summed E-state index contributed by atoms with van der Waals surface area (Å²) in [5.41, 5.74) is 6.29. The van der Waals surface area contributed by atoms with Gasteiger partial charge in [-0.05, 0) is 96.2 Å². The molecule has 1 aromatic heterocycles. The van der Waals surface area contributed by atoms with Gasteiger partial charge in [-0.2, -0.15) is 0 Å². The molecule has 67 heavy (non-hydrogen) atoms. The van der Waals surface area contributed by atoms with Crippen molar-refractivity contribution >= 4 is 54.2 Å². The van der Waals surface area contributed by atoms with Gasteiger partial charge in [-0.1, -0.05) is 93.6 Å². The summed E-state index contributed by atoms with van der Waals surface area (Å²) in [6.45, 7) is 14.0. The fourth-order valence-electron chi connectivity index (χ4n) is 7.97. The molecule has 14 heteroatoms. The van der Waals surface area contributed by atoms with Crippen molar-refractivity contribution in [1.29, 1.82) is 0 Å². The Bertz CT molecular complexity index is 2730. The van der Waals surface area contributed by atoms with Crippen LogP contribution >= 0.6 is 0 Å². The largest absolute Gasteiger partial charge is 0.506 e. The molecule has 6 aromatic rings. The number of benzene rings is 5. The zero-order chi connectivity index (χ0) is 47.7. The second-order valence-electron chi connectivity index (χ2n) is 18.7. The van der Waals surface area contributed by atoms with Crippen molar-refractivity contribution in [1.82, 2.24) is 15.2 Å². The lowest BCUT2D eigenvalue weighted by Crippen LogP contribution is -2.43. The molecule has 0 radical (unpaired) electrons. The van der Waals surface area contributed by atoms with E-state index in [0.717, 1.165) is 27.6 Å². The van der Waals surface area contributed by atoms with E-state index in [1.54, 1.807) is 42.3 Å². The SMILES string of the molecule is CN(C(=O)CCN1CCC(OC(=O)Nc2ccccc2-c2ccccc2)CC1)c1cccc(C(=O)Nc2ccc(CNC[C@H](O[Si](C)(C)C(C)(C)C)c3ccc(O)c4[nH]c(=O)ccc34)cc2)c1. The van der Waals surface area contributed by atoms with Crippen LogP contribution in [0.2, 0.25) is 18.1 Å². The van der Waals surface area contributed by atoms with Crippen LogP contribution in [-0.2, 0) is 20.5 Å². The van der Waals surface area contributed by atoms with Gasteiger partial charge in [0.15, 0.2) is 8.32 Å². The first-order valence-electron chi connectivity index (χ1n) is 22.9. The number of anilines is 3. The Labute approximate surface area is 393 Å². The highest BCUT2D eigenvalue weighted by Gasteiger charge is 2.40. The van der Waals surface area contributed by atoms with Gasteiger partial charge >= 0.3 is 6.09 Å². The van der Waals surface area contributed by atoms with Gasteiger partial charge in [0.2, 0.25) is 11.5 Å². The van der Waals surface area contributed by atoms with Gasteiger partial charge in [-0.15, -0.1) is 0 Å². The molecule has 1 saturated heterocycles. The molecular formula is C53H62N6O7Si. The second-order valence-corrected chi connectivity index (χ2v) is 23.4. The number of fused-ring (bicyclic) bond motifs is 1. The Morgan fingerprint density at radius 1 is 0.866 bits per heavy atom. The summed E-state index contributed by atoms with van der Waals surface area (Å²) in [7, 11) is -0.521. The number of piperidine rings is 1. The number of phenols is 1. The zero-order valence-corrected chi connectivity index (χ0v) is 40.2. The van der Waals surface area contributed by atoms with Gasteiger partial charge in [0.1, 0.15) is 11.9 Å². The molecule has 5 N–H and O–H groups in total. The minimum atomic E-state index is -2.24. The number of aromatic nitrogens is 1. The van der Waals surface area contributed by atoms with Crippen LogP contribution in [0.5, 0.6) is 5.75 Å². The monoisotopic (exact) mass is 922 g/mol. The normalized spacial score (nSPS) is 14.1. The molecule has 0 spiro atoms. The van der Waals surface area contributed by atoms with Crippen molar-refractivity contribution in [3.05, 3.63) is 154 Å². The number of H-pyrrole nitrogens is 1. The molecule has 1 fully saturated rings. The topological polar surface area (TPSA) is 165 Å². The van der Waals surface area contributed by atoms with Crippen LogP contribution in [0.1, 0.15) is 67.6 Å². The van der Waals surface area contributed by atoms with E-state index in [2.05, 4.69) is 59.7 Å². The molecular weight excluding hydrogens is 861 g/mol. The molecule has 7 rings (SSSR count). The number of amides is 3. The first-order valence-corrected chi connectivity index (χ1v) is 25.8. The predicted octanol–water partition coefficient (Wildman–Crippen LogP) is 10.1. The number of nitrogens with zero attached hydrogens (tertiary/aromatic N) is 2. The Balaban J connectivity index is 0.869. The molecule has 3 amide bonds. The van der Waals surface area contributed by atoms with E-state index in [4.69, 9.17) is 9.16 Å². The molecule has 350 valence electrons. The summed E-state index contributed by atoms with van der Waals surface area (Å²) in [6.07, 6.45) is 0.612. The number of nitrogens with one attached hydrogen (secondary N) is 4. The third-order valence-corrected chi connectivity index (χ3v) is 17.4. The summed E-state index contributed by atoms with van der Waals surface area (Å²) >= 11 is 0. The number of carbonyl (C=O) groups is 3. The second kappa shape index (κ2) is 21.4. The van der Waals surface area contributed by atoms with E-state index in [0.29, 0.717) is 80.1 Å². The number of aromatic amines is 1. The number of phenolic OH excluding ortho intramolecular Hbond substituents is 1. The number of rotatable bonds is 16. The van der Waals surface area contributed by atoms with Gasteiger partial charge in [0.05, 0.1) is 17.3 Å². The van der Waals surface area contributed by atoms with Gasteiger partial charge in [-0.3, -0.25) is 19.7 Å². The van der Waals surface area contributed by atoms with E-state index in [-0.39, 0.29) is 40.4 Å². The molecule has 2 heterocycles. The average Bonchev–Trinajstić information content (AvgIpc) is 3.31. The minimum absolute atomic E-state index is 0.00654. The van der Waals surface area contributed by atoms with Crippen LogP contribution < -0.4 is 26.4 Å². The van der Waals surface area contributed by atoms with Gasteiger partial charge in [-0.25, -0.2) is 4.79 Å². The lowest BCUT2D eigenvalue weighted by molar-refractivity contribution is -0.118. The van der Waals surface area contributed by atoms with Crippen LogP contribution in [0.3, 0.4) is 0 Å². The maximum Gasteiger partial charge on any atom is 0.411 e. The average molecular weight is 923 g/mol. The van der Waals surface area contributed by atoms with Crippen LogP contribution in [0.25, 0.3) is 22.0 Å². The summed E-state index contributed by atoms with van der Waals surface area (Å²) < 4.78 is 12.7. The van der Waals surface area contributed by atoms with E-state index in [1.165, 1.54) is 6.07 Å². The van der Waals surface area contributed by atoms with Crippen molar-refractivity contribution in [3.63, 3.8) is 0 Å². The summed E-state index contributed by atoms with van der Waals surface area (Å²) in [5, 5.41) is 20.7. The molecule has 0 saturated carbocycles. The smallest absolute Gasteiger partial charge is 0.411 e. The fraction of sp³-hybridized carbons (Fsp3) is 0.321. The maximum atomic E-state index is 13.4. The molecule has 0 aliphatic carbocycles. The van der Waals surface area contributed by atoms with E-state index < -0.39 is 14.4 Å². The lowest BCUT2D eigenvalue weighted by atomic mass is 10.0. The Hall–Kier alpha value is -6.58. The maximum absolute atomic E-state index is 13.4. The van der Waals surface area contributed by atoms with Crippen LogP contribution in [-0.4, -0.2) is 80.5 Å². The van der Waals surface area contributed by atoms with Gasteiger partial charge in [0.25, 0.3) is 5.91 Å². The van der Waals surface area contributed by atoms with Crippen molar-refractivity contribution in [2.75, 3.05) is 48.8 Å². The molecule has 0 unspecified atom stereocenters. The number of carbonyl (C=O) groups excluding carboxylic acids is 3.